The van der Waals surface area contributed by atoms with E-state index in [4.69, 9.17) is 10.5 Å². The largest absolute Gasteiger partial charge is 0.467 e. The van der Waals surface area contributed by atoms with E-state index in [0.717, 1.165) is 17.5 Å². The number of hydrogen-bond donors (Lipinski definition) is 1. The highest BCUT2D eigenvalue weighted by atomic mass is 16.5. The van der Waals surface area contributed by atoms with Gasteiger partial charge >= 0.3 is 5.97 Å². The molecule has 3 atom stereocenters. The second kappa shape index (κ2) is 4.90. The highest BCUT2D eigenvalue weighted by Gasteiger charge is 2.45. The fourth-order valence-electron chi connectivity index (χ4n) is 3.35. The summed E-state index contributed by atoms with van der Waals surface area (Å²) in [5.74, 6) is -0.508. The van der Waals surface area contributed by atoms with Gasteiger partial charge in [-0.25, -0.2) is 4.79 Å². The normalized spacial score (nSPS) is 28.6. The van der Waals surface area contributed by atoms with Crippen molar-refractivity contribution in [2.75, 3.05) is 7.11 Å². The van der Waals surface area contributed by atoms with Crippen LogP contribution in [0.25, 0.3) is 0 Å². The van der Waals surface area contributed by atoms with E-state index in [2.05, 4.69) is 0 Å². The van der Waals surface area contributed by atoms with Crippen molar-refractivity contribution in [2.24, 2.45) is 5.73 Å². The predicted octanol–water partition coefficient (Wildman–Crippen LogP) is 0.775. The molecule has 3 rings (SSSR count). The van der Waals surface area contributed by atoms with Gasteiger partial charge in [-0.1, -0.05) is 24.3 Å². The smallest absolute Gasteiger partial charge is 0.328 e. The predicted molar refractivity (Wildman–Crippen MR) is 72.7 cm³/mol. The molecule has 0 spiro atoms. The Morgan fingerprint density at radius 1 is 1.35 bits per heavy atom. The molecule has 2 aliphatic rings. The molecule has 5 nitrogen and oxygen atoms in total. The third-order valence-electron chi connectivity index (χ3n) is 4.28. The lowest BCUT2D eigenvalue weighted by Crippen LogP contribution is -2.48. The molecule has 2 heterocycles. The van der Waals surface area contributed by atoms with Crippen molar-refractivity contribution >= 4 is 11.9 Å². The molecule has 0 aromatic heterocycles. The average Bonchev–Trinajstić information content (AvgIpc) is 2.86. The zero-order valence-corrected chi connectivity index (χ0v) is 11.4. The Morgan fingerprint density at radius 2 is 2.10 bits per heavy atom. The highest BCUT2D eigenvalue weighted by Crippen LogP contribution is 2.40. The summed E-state index contributed by atoms with van der Waals surface area (Å²) >= 11 is 0. The number of benzene rings is 1. The van der Waals surface area contributed by atoms with Crippen LogP contribution in [0.4, 0.5) is 0 Å². The maximum Gasteiger partial charge on any atom is 0.328 e. The third-order valence-corrected chi connectivity index (χ3v) is 4.28. The van der Waals surface area contributed by atoms with Gasteiger partial charge < -0.3 is 15.4 Å². The molecule has 1 amide bonds. The zero-order valence-electron chi connectivity index (χ0n) is 11.4. The number of methoxy groups -OCH3 is 1. The molecule has 2 N–H and O–H groups in total. The Bertz CT molecular complexity index is 558. The van der Waals surface area contributed by atoms with Crippen molar-refractivity contribution in [3.63, 3.8) is 0 Å². The molecule has 1 aromatic carbocycles. The van der Waals surface area contributed by atoms with Crippen LogP contribution in [-0.2, 0) is 20.7 Å². The Morgan fingerprint density at radius 3 is 2.85 bits per heavy atom. The van der Waals surface area contributed by atoms with Crippen LogP contribution in [0.5, 0.6) is 0 Å². The molecule has 1 fully saturated rings. The Labute approximate surface area is 117 Å². The standard InChI is InChI=1S/C15H18N2O3/c1-20-15(19)13-7-6-12-10-5-3-2-4-9(10)8-11(16)14(18)17(12)13/h2-5,11-13H,6-8,16H2,1H3. The Kier molecular flexibility index (Phi) is 3.22. The van der Waals surface area contributed by atoms with Crippen LogP contribution in [0.15, 0.2) is 24.3 Å². The molecule has 0 radical (unpaired) electrons. The number of carbonyl (C=O) groups excluding carboxylic acids is 2. The number of rotatable bonds is 1. The van der Waals surface area contributed by atoms with Gasteiger partial charge in [0.05, 0.1) is 19.2 Å². The van der Waals surface area contributed by atoms with Crippen LogP contribution in [-0.4, -0.2) is 36.0 Å². The lowest BCUT2D eigenvalue weighted by molar-refractivity contribution is -0.152. The number of fused-ring (bicyclic) bond motifs is 3. The second-order valence-corrected chi connectivity index (χ2v) is 5.39. The summed E-state index contributed by atoms with van der Waals surface area (Å²) in [5, 5.41) is 0. The van der Waals surface area contributed by atoms with Gasteiger partial charge in [0.1, 0.15) is 6.04 Å². The number of carbonyl (C=O) groups is 2. The Hall–Kier alpha value is -1.88. The lowest BCUT2D eigenvalue weighted by atomic mass is 9.96. The van der Waals surface area contributed by atoms with Gasteiger partial charge in [-0.05, 0) is 30.4 Å². The second-order valence-electron chi connectivity index (χ2n) is 5.39. The summed E-state index contributed by atoms with van der Waals surface area (Å²) in [6, 6.07) is 6.80. The molecular weight excluding hydrogens is 256 g/mol. The van der Waals surface area contributed by atoms with Gasteiger partial charge in [0.2, 0.25) is 5.91 Å². The van der Waals surface area contributed by atoms with E-state index < -0.39 is 12.1 Å². The molecule has 0 bridgehead atoms. The van der Waals surface area contributed by atoms with E-state index in [9.17, 15) is 9.59 Å². The van der Waals surface area contributed by atoms with Crippen molar-refractivity contribution < 1.29 is 14.3 Å². The van der Waals surface area contributed by atoms with E-state index in [-0.39, 0.29) is 17.9 Å². The molecule has 0 aliphatic carbocycles. The molecule has 20 heavy (non-hydrogen) atoms. The fraction of sp³-hybridized carbons (Fsp3) is 0.467. The number of amides is 1. The minimum absolute atomic E-state index is 0.0589. The van der Waals surface area contributed by atoms with E-state index in [1.807, 2.05) is 24.3 Å². The summed E-state index contributed by atoms with van der Waals surface area (Å²) in [6.45, 7) is 0. The zero-order chi connectivity index (χ0) is 14.3. The number of nitrogens with zero attached hydrogens (tertiary/aromatic N) is 1. The molecule has 5 heteroatoms. The van der Waals surface area contributed by atoms with Crippen molar-refractivity contribution in [3.05, 3.63) is 35.4 Å². The third kappa shape index (κ3) is 1.89. The maximum absolute atomic E-state index is 12.5. The molecule has 0 saturated carbocycles. The van der Waals surface area contributed by atoms with Crippen molar-refractivity contribution in [1.29, 1.82) is 0 Å². The first-order valence-corrected chi connectivity index (χ1v) is 6.87. The van der Waals surface area contributed by atoms with Gasteiger partial charge in [0.15, 0.2) is 0 Å². The quantitative estimate of drug-likeness (QED) is 0.768. The molecule has 2 aliphatic heterocycles. The molecule has 106 valence electrons. The minimum atomic E-state index is -0.591. The van der Waals surface area contributed by atoms with Crippen molar-refractivity contribution in [2.45, 2.75) is 37.4 Å². The van der Waals surface area contributed by atoms with Crippen LogP contribution in [0.3, 0.4) is 0 Å². The number of hydrogen-bond acceptors (Lipinski definition) is 4. The Balaban J connectivity index is 2.05. The highest BCUT2D eigenvalue weighted by molar-refractivity contribution is 5.89. The maximum atomic E-state index is 12.5. The SMILES string of the molecule is COC(=O)C1CCC2c3ccccc3CC(N)C(=O)N12. The van der Waals surface area contributed by atoms with E-state index >= 15 is 0 Å². The van der Waals surface area contributed by atoms with Gasteiger partial charge in [-0.15, -0.1) is 0 Å². The first-order valence-electron chi connectivity index (χ1n) is 6.87. The van der Waals surface area contributed by atoms with Gasteiger partial charge in [0.25, 0.3) is 0 Å². The van der Waals surface area contributed by atoms with Crippen LogP contribution < -0.4 is 5.73 Å². The summed E-state index contributed by atoms with van der Waals surface area (Å²) in [5.41, 5.74) is 8.22. The van der Waals surface area contributed by atoms with Crippen LogP contribution in [0.2, 0.25) is 0 Å². The molecular formula is C15H18N2O3. The van der Waals surface area contributed by atoms with Crippen LogP contribution in [0, 0.1) is 0 Å². The van der Waals surface area contributed by atoms with Gasteiger partial charge in [-0.3, -0.25) is 4.79 Å². The summed E-state index contributed by atoms with van der Waals surface area (Å²) in [4.78, 5) is 26.0. The fourth-order valence-corrected chi connectivity index (χ4v) is 3.35. The summed E-state index contributed by atoms with van der Waals surface area (Å²) in [7, 11) is 1.35. The van der Waals surface area contributed by atoms with Crippen molar-refractivity contribution in [1.82, 2.24) is 4.90 Å². The number of esters is 1. The number of nitrogens with two attached hydrogens (primary N) is 1. The van der Waals surface area contributed by atoms with Gasteiger partial charge in [0, 0.05) is 0 Å². The van der Waals surface area contributed by atoms with Gasteiger partial charge in [-0.2, -0.15) is 0 Å². The summed E-state index contributed by atoms with van der Waals surface area (Å²) in [6.07, 6.45) is 1.93. The van der Waals surface area contributed by atoms with Crippen molar-refractivity contribution in [3.8, 4) is 0 Å². The lowest BCUT2D eigenvalue weighted by Gasteiger charge is -2.29. The average molecular weight is 274 g/mol. The minimum Gasteiger partial charge on any atom is -0.467 e. The topological polar surface area (TPSA) is 72.6 Å². The first-order chi connectivity index (χ1) is 9.63. The van der Waals surface area contributed by atoms with Crippen LogP contribution >= 0.6 is 0 Å². The van der Waals surface area contributed by atoms with E-state index in [0.29, 0.717) is 12.8 Å². The van der Waals surface area contributed by atoms with E-state index in [1.54, 1.807) is 4.90 Å². The molecule has 1 aromatic rings. The first kappa shape index (κ1) is 13.1. The summed E-state index contributed by atoms with van der Waals surface area (Å²) < 4.78 is 4.82. The van der Waals surface area contributed by atoms with E-state index in [1.165, 1.54) is 7.11 Å². The number of ether oxygens (including phenoxy) is 1. The molecule has 3 unspecified atom stereocenters. The molecule has 1 saturated heterocycles. The van der Waals surface area contributed by atoms with Crippen LogP contribution in [0.1, 0.15) is 30.0 Å². The monoisotopic (exact) mass is 274 g/mol.